The molecule has 0 spiro atoms. The second-order valence-corrected chi connectivity index (χ2v) is 13.5. The van der Waals surface area contributed by atoms with Crippen molar-refractivity contribution in [3.8, 4) is 56.7 Å². The summed E-state index contributed by atoms with van der Waals surface area (Å²) in [5.74, 6) is 3.57. The highest BCUT2D eigenvalue weighted by Crippen LogP contribution is 2.38. The molecule has 8 heteroatoms. The van der Waals surface area contributed by atoms with Gasteiger partial charge in [0.1, 0.15) is 23.3 Å². The van der Waals surface area contributed by atoms with Gasteiger partial charge in [0.2, 0.25) is 0 Å². The lowest BCUT2D eigenvalue weighted by Crippen LogP contribution is -1.98. The van der Waals surface area contributed by atoms with Gasteiger partial charge in [-0.1, -0.05) is 48.5 Å². The molecule has 0 saturated heterocycles. The highest BCUT2D eigenvalue weighted by atomic mass is 15.1. The molecule has 10 aromatic rings. The predicted molar refractivity (Wildman–Crippen MR) is 211 cm³/mol. The van der Waals surface area contributed by atoms with E-state index in [-0.39, 0.29) is 0 Å². The number of hydrogen-bond acceptors (Lipinski definition) is 4. The number of fused-ring (bicyclic) bond motifs is 4. The number of rotatable bonds is 5. The second-order valence-electron chi connectivity index (χ2n) is 13.5. The third-order valence-electron chi connectivity index (χ3n) is 10.4. The van der Waals surface area contributed by atoms with E-state index in [0.717, 1.165) is 101 Å². The van der Waals surface area contributed by atoms with Crippen LogP contribution < -0.4 is 0 Å². The first-order chi connectivity index (χ1) is 25.4. The van der Waals surface area contributed by atoms with Gasteiger partial charge in [-0.25, -0.2) is 19.9 Å². The summed E-state index contributed by atoms with van der Waals surface area (Å²) in [6, 6.07) is 46.6. The van der Waals surface area contributed by atoms with Crippen molar-refractivity contribution in [1.82, 2.24) is 38.2 Å². The van der Waals surface area contributed by atoms with E-state index in [4.69, 9.17) is 19.9 Å². The highest BCUT2D eigenvalue weighted by molar-refractivity contribution is 5.90. The van der Waals surface area contributed by atoms with Crippen molar-refractivity contribution in [3.05, 3.63) is 133 Å². The number of hydrogen-bond donors (Lipinski definition) is 0. The number of benzene rings is 6. The Kier molecular flexibility index (Phi) is 6.57. The van der Waals surface area contributed by atoms with Crippen LogP contribution >= 0.6 is 0 Å². The zero-order valence-electron chi connectivity index (χ0n) is 29.3. The van der Waals surface area contributed by atoms with Crippen molar-refractivity contribution in [1.29, 1.82) is 0 Å². The zero-order valence-corrected chi connectivity index (χ0v) is 29.3. The molecular weight excluding hydrogens is 641 g/mol. The van der Waals surface area contributed by atoms with Gasteiger partial charge >= 0.3 is 0 Å². The van der Waals surface area contributed by atoms with Gasteiger partial charge in [-0.05, 0) is 96.1 Å². The van der Waals surface area contributed by atoms with Crippen LogP contribution in [0.5, 0.6) is 0 Å². The highest BCUT2D eigenvalue weighted by Gasteiger charge is 2.20. The Morgan fingerprint density at radius 1 is 0.288 bits per heavy atom. The fourth-order valence-electron chi connectivity index (χ4n) is 7.72. The summed E-state index contributed by atoms with van der Waals surface area (Å²) in [6.07, 6.45) is 0. The van der Waals surface area contributed by atoms with Crippen molar-refractivity contribution in [2.75, 3.05) is 0 Å². The Balaban J connectivity index is 1.25. The molecule has 250 valence electrons. The fourth-order valence-corrected chi connectivity index (χ4v) is 7.72. The number of nitrogens with zero attached hydrogens (tertiary/aromatic N) is 8. The summed E-state index contributed by atoms with van der Waals surface area (Å²) in [5, 5.41) is 0. The topological polar surface area (TPSA) is 71.3 Å². The molecule has 0 atom stereocenters. The van der Waals surface area contributed by atoms with Crippen LogP contribution in [0.4, 0.5) is 0 Å². The molecule has 0 aliphatic carbocycles. The zero-order chi connectivity index (χ0) is 35.1. The van der Waals surface area contributed by atoms with Crippen molar-refractivity contribution in [3.63, 3.8) is 0 Å². The van der Waals surface area contributed by atoms with Gasteiger partial charge in [0, 0.05) is 50.4 Å². The monoisotopic (exact) mass is 674 g/mol. The van der Waals surface area contributed by atoms with Gasteiger partial charge in [-0.15, -0.1) is 0 Å². The molecule has 6 aromatic carbocycles. The molecule has 0 fully saturated rings. The Morgan fingerprint density at radius 3 is 0.731 bits per heavy atom. The molecule has 0 saturated carbocycles. The molecule has 4 heterocycles. The molecule has 0 unspecified atom stereocenters. The van der Waals surface area contributed by atoms with Crippen molar-refractivity contribution in [2.24, 2.45) is 28.2 Å². The molecule has 0 bridgehead atoms. The van der Waals surface area contributed by atoms with E-state index in [1.807, 2.05) is 24.3 Å². The smallest absolute Gasteiger partial charge is 0.140 e. The molecule has 0 amide bonds. The SMILES string of the molecule is Cn1c(-c2cc(-c3cc(-c4nc5ccccc5n4C)cc(-c4nc5ccccc5n4C)c3)cc(-c3nc4ccccc4n3C)c2)nc2ccccc21. The predicted octanol–water partition coefficient (Wildman–Crippen LogP) is 9.57. The Morgan fingerprint density at radius 2 is 0.500 bits per heavy atom. The maximum absolute atomic E-state index is 5.13. The molecule has 0 aliphatic heterocycles. The van der Waals surface area contributed by atoms with E-state index < -0.39 is 0 Å². The molecular formula is C44H34N8. The van der Waals surface area contributed by atoms with E-state index >= 15 is 0 Å². The lowest BCUT2D eigenvalue weighted by Gasteiger charge is -2.14. The molecule has 4 aromatic heterocycles. The summed E-state index contributed by atoms with van der Waals surface area (Å²) in [5.41, 5.74) is 14.3. The van der Waals surface area contributed by atoms with E-state index in [0.29, 0.717) is 0 Å². The molecule has 10 rings (SSSR count). The second kappa shape index (κ2) is 11.4. The van der Waals surface area contributed by atoms with E-state index in [9.17, 15) is 0 Å². The van der Waals surface area contributed by atoms with E-state index in [2.05, 4.69) is 156 Å². The van der Waals surface area contributed by atoms with Crippen LogP contribution in [0.25, 0.3) is 101 Å². The van der Waals surface area contributed by atoms with Gasteiger partial charge < -0.3 is 18.3 Å². The lowest BCUT2D eigenvalue weighted by atomic mass is 9.95. The van der Waals surface area contributed by atoms with Crippen LogP contribution in [0, 0.1) is 0 Å². The number of imidazole rings is 4. The van der Waals surface area contributed by atoms with Crippen LogP contribution in [0.15, 0.2) is 133 Å². The molecule has 52 heavy (non-hydrogen) atoms. The normalized spacial score (nSPS) is 11.8. The lowest BCUT2D eigenvalue weighted by molar-refractivity contribution is 0.953. The molecule has 0 N–H and O–H groups in total. The molecule has 8 nitrogen and oxygen atoms in total. The van der Waals surface area contributed by atoms with Crippen LogP contribution in [0.2, 0.25) is 0 Å². The summed E-state index contributed by atoms with van der Waals surface area (Å²) in [4.78, 5) is 20.5. The summed E-state index contributed by atoms with van der Waals surface area (Å²) >= 11 is 0. The van der Waals surface area contributed by atoms with E-state index in [1.165, 1.54) is 0 Å². The van der Waals surface area contributed by atoms with Crippen LogP contribution in [-0.2, 0) is 28.2 Å². The number of para-hydroxylation sites is 8. The van der Waals surface area contributed by atoms with Crippen molar-refractivity contribution in [2.45, 2.75) is 0 Å². The quantitative estimate of drug-likeness (QED) is 0.182. The van der Waals surface area contributed by atoms with Crippen molar-refractivity contribution < 1.29 is 0 Å². The maximum atomic E-state index is 5.13. The van der Waals surface area contributed by atoms with Crippen LogP contribution in [0.3, 0.4) is 0 Å². The Hall–Kier alpha value is -6.80. The third-order valence-corrected chi connectivity index (χ3v) is 10.4. The first-order valence-corrected chi connectivity index (χ1v) is 17.4. The van der Waals surface area contributed by atoms with Crippen molar-refractivity contribution >= 4 is 44.1 Å². The number of aryl methyl sites for hydroxylation is 4. The average Bonchev–Trinajstić information content (AvgIpc) is 3.92. The number of aromatic nitrogens is 8. The minimum atomic E-state index is 0.894. The Bertz CT molecular complexity index is 2620. The fraction of sp³-hybridized carbons (Fsp3) is 0.0909. The first kappa shape index (κ1) is 30.1. The van der Waals surface area contributed by atoms with Gasteiger partial charge in [0.05, 0.1) is 44.1 Å². The minimum absolute atomic E-state index is 0.894. The molecule has 0 radical (unpaired) electrons. The first-order valence-electron chi connectivity index (χ1n) is 17.4. The molecule has 0 aliphatic rings. The standard InChI is InChI=1S/C44H34N8/c1-49-37-17-9-5-13-33(37)45-41(49)29-21-27(22-30(25-29)42-46-34-14-6-10-18-38(34)50(42)2)28-23-31(43-47-35-15-7-11-19-39(35)51(43)3)26-32(24-28)44-48-36-16-8-12-20-40(36)52(44)4/h5-26H,1-4H3. The summed E-state index contributed by atoms with van der Waals surface area (Å²) in [6.45, 7) is 0. The average molecular weight is 675 g/mol. The maximum Gasteiger partial charge on any atom is 0.140 e. The largest absolute Gasteiger partial charge is 0.327 e. The summed E-state index contributed by atoms with van der Waals surface area (Å²) in [7, 11) is 8.34. The van der Waals surface area contributed by atoms with Gasteiger partial charge in [-0.3, -0.25) is 0 Å². The van der Waals surface area contributed by atoms with Crippen LogP contribution in [0.1, 0.15) is 0 Å². The van der Waals surface area contributed by atoms with Crippen LogP contribution in [-0.4, -0.2) is 38.2 Å². The summed E-state index contributed by atoms with van der Waals surface area (Å²) < 4.78 is 8.70. The van der Waals surface area contributed by atoms with E-state index in [1.54, 1.807) is 0 Å². The Labute approximate surface area is 299 Å². The van der Waals surface area contributed by atoms with Gasteiger partial charge in [-0.2, -0.15) is 0 Å². The third kappa shape index (κ3) is 4.61. The minimum Gasteiger partial charge on any atom is -0.327 e. The van der Waals surface area contributed by atoms with Gasteiger partial charge in [0.25, 0.3) is 0 Å². The van der Waals surface area contributed by atoms with Gasteiger partial charge in [0.15, 0.2) is 0 Å².